The molecule has 1 fully saturated rings. The molecule has 3 heteroatoms. The Balaban J connectivity index is 0.000000396. The smallest absolute Gasteiger partial charge is 0.0534 e. The first-order chi connectivity index (χ1) is 6.34. The number of aromatic nitrogens is 2. The van der Waals surface area contributed by atoms with Crippen molar-refractivity contribution in [1.29, 1.82) is 0 Å². The molecule has 0 aliphatic carbocycles. The lowest BCUT2D eigenvalue weighted by Gasteiger charge is -2.25. The molecule has 2 heterocycles. The van der Waals surface area contributed by atoms with Crippen LogP contribution in [0.5, 0.6) is 0 Å². The number of nitrogens with zero attached hydrogens (tertiary/aromatic N) is 2. The molecular formula is C10H18N2O. The molecule has 1 aromatic heterocycles. The van der Waals surface area contributed by atoms with E-state index in [0.717, 1.165) is 19.8 Å². The molecule has 0 N–H and O–H groups in total. The fraction of sp³-hybridized carbons (Fsp3) is 0.700. The molecule has 0 unspecified atom stereocenters. The van der Waals surface area contributed by atoms with Crippen LogP contribution in [0, 0.1) is 12.8 Å². The highest BCUT2D eigenvalue weighted by Crippen LogP contribution is 2.11. The van der Waals surface area contributed by atoms with E-state index in [4.69, 9.17) is 4.74 Å². The zero-order valence-electron chi connectivity index (χ0n) is 8.66. The quantitative estimate of drug-likeness (QED) is 0.698. The molecule has 1 saturated heterocycles. The molecule has 0 aromatic carbocycles. The Bertz CT molecular complexity index is 241. The normalized spacial score (nSPS) is 15.9. The van der Waals surface area contributed by atoms with Gasteiger partial charge in [-0.25, -0.2) is 0 Å². The number of hydrogen-bond acceptors (Lipinski definition) is 2. The maximum Gasteiger partial charge on any atom is 0.0534 e. The van der Waals surface area contributed by atoms with Gasteiger partial charge in [-0.15, -0.1) is 0 Å². The summed E-state index contributed by atoms with van der Waals surface area (Å²) < 4.78 is 7.06. The van der Waals surface area contributed by atoms with Gasteiger partial charge in [0.15, 0.2) is 0 Å². The highest BCUT2D eigenvalue weighted by Gasteiger charge is 2.18. The molecule has 13 heavy (non-hydrogen) atoms. The van der Waals surface area contributed by atoms with E-state index in [1.165, 1.54) is 5.56 Å². The van der Waals surface area contributed by atoms with Gasteiger partial charge in [0, 0.05) is 18.7 Å². The van der Waals surface area contributed by atoms with Gasteiger partial charge in [0.2, 0.25) is 0 Å². The molecule has 1 aliphatic rings. The van der Waals surface area contributed by atoms with Crippen LogP contribution < -0.4 is 0 Å². The van der Waals surface area contributed by atoms with Crippen LogP contribution in [-0.2, 0) is 11.3 Å². The van der Waals surface area contributed by atoms with Crippen LogP contribution in [0.1, 0.15) is 19.4 Å². The van der Waals surface area contributed by atoms with Gasteiger partial charge in [-0.3, -0.25) is 4.68 Å². The molecule has 0 radical (unpaired) electrons. The summed E-state index contributed by atoms with van der Waals surface area (Å²) in [5, 5.41) is 4.20. The standard InChI is InChI=1S/C8H12N2O.C2H6/c1-7-2-9-10(3-7)4-8-5-11-6-8;1-2/h2-3,8H,4-6H2,1H3;1-2H3. The number of rotatable bonds is 2. The molecule has 0 atom stereocenters. The van der Waals surface area contributed by atoms with Gasteiger partial charge in [-0.1, -0.05) is 13.8 Å². The molecule has 1 aliphatic heterocycles. The highest BCUT2D eigenvalue weighted by molar-refractivity contribution is 4.99. The highest BCUT2D eigenvalue weighted by atomic mass is 16.5. The summed E-state index contributed by atoms with van der Waals surface area (Å²) in [4.78, 5) is 0. The average molecular weight is 182 g/mol. The summed E-state index contributed by atoms with van der Waals surface area (Å²) in [5.41, 5.74) is 1.23. The van der Waals surface area contributed by atoms with Crippen molar-refractivity contribution in [2.75, 3.05) is 13.2 Å². The molecule has 1 aromatic rings. The lowest BCUT2D eigenvalue weighted by atomic mass is 10.1. The van der Waals surface area contributed by atoms with E-state index in [0.29, 0.717) is 5.92 Å². The van der Waals surface area contributed by atoms with E-state index in [-0.39, 0.29) is 0 Å². The number of ether oxygens (including phenoxy) is 1. The third-order valence-corrected chi connectivity index (χ3v) is 1.91. The van der Waals surface area contributed by atoms with Gasteiger partial charge in [0.05, 0.1) is 19.4 Å². The Hall–Kier alpha value is -0.830. The largest absolute Gasteiger partial charge is 0.381 e. The minimum atomic E-state index is 0.689. The minimum absolute atomic E-state index is 0.689. The van der Waals surface area contributed by atoms with Crippen LogP contribution in [0.4, 0.5) is 0 Å². The van der Waals surface area contributed by atoms with Crippen molar-refractivity contribution >= 4 is 0 Å². The van der Waals surface area contributed by atoms with E-state index in [2.05, 4.69) is 18.2 Å². The van der Waals surface area contributed by atoms with E-state index >= 15 is 0 Å². The van der Waals surface area contributed by atoms with E-state index in [1.807, 2.05) is 24.7 Å². The molecule has 0 bridgehead atoms. The first-order valence-electron chi connectivity index (χ1n) is 4.91. The van der Waals surface area contributed by atoms with Crippen LogP contribution in [0.25, 0.3) is 0 Å². The minimum Gasteiger partial charge on any atom is -0.381 e. The summed E-state index contributed by atoms with van der Waals surface area (Å²) in [6.45, 7) is 8.87. The number of hydrogen-bond donors (Lipinski definition) is 0. The van der Waals surface area contributed by atoms with E-state index in [9.17, 15) is 0 Å². The molecule has 74 valence electrons. The van der Waals surface area contributed by atoms with Crippen molar-refractivity contribution in [2.45, 2.75) is 27.3 Å². The SMILES string of the molecule is CC.Cc1cnn(CC2COC2)c1. The summed E-state index contributed by atoms with van der Waals surface area (Å²) >= 11 is 0. The van der Waals surface area contributed by atoms with Gasteiger partial charge in [-0.05, 0) is 12.5 Å². The van der Waals surface area contributed by atoms with Gasteiger partial charge in [0.25, 0.3) is 0 Å². The predicted molar refractivity (Wildman–Crippen MR) is 52.6 cm³/mol. The molecule has 0 amide bonds. The lowest BCUT2D eigenvalue weighted by Crippen LogP contribution is -2.31. The molecule has 0 spiro atoms. The third-order valence-electron chi connectivity index (χ3n) is 1.91. The summed E-state index contributed by atoms with van der Waals surface area (Å²) in [6.07, 6.45) is 3.96. The molecular weight excluding hydrogens is 164 g/mol. The summed E-state index contributed by atoms with van der Waals surface area (Å²) in [6, 6.07) is 0. The molecule has 2 rings (SSSR count). The molecule has 3 nitrogen and oxygen atoms in total. The second-order valence-electron chi connectivity index (χ2n) is 3.14. The maximum absolute atomic E-state index is 5.07. The van der Waals surface area contributed by atoms with E-state index < -0.39 is 0 Å². The van der Waals surface area contributed by atoms with Crippen molar-refractivity contribution < 1.29 is 4.74 Å². The average Bonchev–Trinajstić information content (AvgIpc) is 2.48. The Kier molecular flexibility index (Phi) is 3.96. The topological polar surface area (TPSA) is 27.1 Å². The van der Waals surface area contributed by atoms with Crippen molar-refractivity contribution in [3.05, 3.63) is 18.0 Å². The Morgan fingerprint density at radius 1 is 1.54 bits per heavy atom. The Labute approximate surface area is 79.7 Å². The van der Waals surface area contributed by atoms with Crippen LogP contribution >= 0.6 is 0 Å². The van der Waals surface area contributed by atoms with Crippen LogP contribution in [0.15, 0.2) is 12.4 Å². The fourth-order valence-electron chi connectivity index (χ4n) is 1.22. The van der Waals surface area contributed by atoms with Crippen molar-refractivity contribution in [2.24, 2.45) is 5.92 Å². The van der Waals surface area contributed by atoms with Gasteiger partial charge in [-0.2, -0.15) is 5.10 Å². The van der Waals surface area contributed by atoms with Crippen LogP contribution in [0.3, 0.4) is 0 Å². The van der Waals surface area contributed by atoms with Crippen molar-refractivity contribution in [3.63, 3.8) is 0 Å². The summed E-state index contributed by atoms with van der Waals surface area (Å²) in [5.74, 6) is 0.689. The van der Waals surface area contributed by atoms with Gasteiger partial charge < -0.3 is 4.74 Å². The van der Waals surface area contributed by atoms with Crippen LogP contribution in [-0.4, -0.2) is 23.0 Å². The van der Waals surface area contributed by atoms with Crippen molar-refractivity contribution in [3.8, 4) is 0 Å². The van der Waals surface area contributed by atoms with Gasteiger partial charge in [0.1, 0.15) is 0 Å². The first-order valence-corrected chi connectivity index (χ1v) is 4.91. The Morgan fingerprint density at radius 2 is 2.23 bits per heavy atom. The van der Waals surface area contributed by atoms with Gasteiger partial charge >= 0.3 is 0 Å². The lowest BCUT2D eigenvalue weighted by molar-refractivity contribution is -0.0408. The Morgan fingerprint density at radius 3 is 2.62 bits per heavy atom. The monoisotopic (exact) mass is 182 g/mol. The third kappa shape index (κ3) is 2.84. The van der Waals surface area contributed by atoms with Crippen molar-refractivity contribution in [1.82, 2.24) is 9.78 Å². The second kappa shape index (κ2) is 5.02. The van der Waals surface area contributed by atoms with Crippen LogP contribution in [0.2, 0.25) is 0 Å². The molecule has 0 saturated carbocycles. The van der Waals surface area contributed by atoms with E-state index in [1.54, 1.807) is 0 Å². The number of aryl methyl sites for hydroxylation is 1. The fourth-order valence-corrected chi connectivity index (χ4v) is 1.22. The first kappa shape index (κ1) is 10.3. The predicted octanol–water partition coefficient (Wildman–Crippen LogP) is 1.86. The maximum atomic E-state index is 5.07. The summed E-state index contributed by atoms with van der Waals surface area (Å²) in [7, 11) is 0. The second-order valence-corrected chi connectivity index (χ2v) is 3.14. The zero-order valence-corrected chi connectivity index (χ0v) is 8.66. The zero-order chi connectivity index (χ0) is 9.68.